The zero-order valence-corrected chi connectivity index (χ0v) is 16.9. The van der Waals surface area contributed by atoms with Gasteiger partial charge in [0.25, 0.3) is 0 Å². The maximum atomic E-state index is 4.75. The van der Waals surface area contributed by atoms with Crippen LogP contribution in [-0.4, -0.2) is 24.5 Å². The number of imidazole rings is 1. The Morgan fingerprint density at radius 1 is 0.767 bits per heavy atom. The topological polar surface area (TPSA) is 56.5 Å². The van der Waals surface area contributed by atoms with Crippen LogP contribution in [0.15, 0.2) is 79.5 Å². The summed E-state index contributed by atoms with van der Waals surface area (Å²) in [7, 11) is 0. The molecule has 2 aliphatic heterocycles. The van der Waals surface area contributed by atoms with Gasteiger partial charge in [-0.2, -0.15) is 0 Å². The third kappa shape index (κ3) is 3.57. The maximum absolute atomic E-state index is 4.75. The van der Waals surface area contributed by atoms with E-state index >= 15 is 0 Å². The molecular weight excluding hydrogens is 370 g/mol. The van der Waals surface area contributed by atoms with Crippen molar-refractivity contribution in [1.82, 2.24) is 24.5 Å². The van der Waals surface area contributed by atoms with Gasteiger partial charge in [0.15, 0.2) is 5.82 Å². The number of pyridine rings is 1. The van der Waals surface area contributed by atoms with Gasteiger partial charge in [-0.25, -0.2) is 9.97 Å². The van der Waals surface area contributed by atoms with E-state index in [9.17, 15) is 0 Å². The molecule has 0 saturated carbocycles. The second-order valence-corrected chi connectivity index (χ2v) is 7.51. The van der Waals surface area contributed by atoms with Crippen LogP contribution in [0.25, 0.3) is 33.9 Å². The summed E-state index contributed by atoms with van der Waals surface area (Å²) >= 11 is 0. The van der Waals surface area contributed by atoms with Crippen LogP contribution in [0.3, 0.4) is 0 Å². The maximum Gasteiger partial charge on any atom is 0.160 e. The molecule has 5 nitrogen and oxygen atoms in total. The van der Waals surface area contributed by atoms with Crippen LogP contribution in [0.4, 0.5) is 0 Å². The third-order valence-corrected chi connectivity index (χ3v) is 5.37. The van der Waals surface area contributed by atoms with Crippen molar-refractivity contribution in [3.63, 3.8) is 0 Å². The van der Waals surface area contributed by atoms with Crippen LogP contribution in [0.2, 0.25) is 0 Å². The molecule has 1 aromatic heterocycles. The lowest BCUT2D eigenvalue weighted by Crippen LogP contribution is -2.02. The zero-order valence-electron chi connectivity index (χ0n) is 16.9. The van der Waals surface area contributed by atoms with Crippen LogP contribution >= 0.6 is 0 Å². The van der Waals surface area contributed by atoms with Crippen molar-refractivity contribution < 1.29 is 0 Å². The molecular formula is C25H21N5. The second kappa shape index (κ2) is 7.52. The molecule has 2 aromatic carbocycles. The lowest BCUT2D eigenvalue weighted by Gasteiger charge is -2.06. The van der Waals surface area contributed by atoms with Crippen molar-refractivity contribution in [3.05, 3.63) is 96.3 Å². The van der Waals surface area contributed by atoms with Crippen LogP contribution in [0, 0.1) is 13.8 Å². The van der Waals surface area contributed by atoms with Crippen LogP contribution in [0.5, 0.6) is 0 Å². The molecule has 3 heterocycles. The predicted octanol–water partition coefficient (Wildman–Crippen LogP) is 5.17. The van der Waals surface area contributed by atoms with Gasteiger partial charge in [0, 0.05) is 30.4 Å². The monoisotopic (exact) mass is 391 g/mol. The van der Waals surface area contributed by atoms with Gasteiger partial charge in [0.2, 0.25) is 0 Å². The Balaban J connectivity index is 1.42. The van der Waals surface area contributed by atoms with E-state index in [4.69, 9.17) is 9.97 Å². The second-order valence-electron chi connectivity index (χ2n) is 7.51. The summed E-state index contributed by atoms with van der Waals surface area (Å²) in [5.41, 5.74) is 8.71. The van der Waals surface area contributed by atoms with Crippen molar-refractivity contribution in [1.29, 1.82) is 0 Å². The number of aromatic nitrogens is 5. The normalized spacial score (nSPS) is 11.1. The van der Waals surface area contributed by atoms with Crippen molar-refractivity contribution >= 4 is 0 Å². The Morgan fingerprint density at radius 2 is 1.53 bits per heavy atom. The number of nitrogens with zero attached hydrogens (tertiary/aromatic N) is 5. The molecule has 0 radical (unpaired) electrons. The lowest BCUT2D eigenvalue weighted by molar-refractivity contribution is 0.761. The van der Waals surface area contributed by atoms with E-state index in [1.165, 1.54) is 22.3 Å². The average molecular weight is 391 g/mol. The number of hydrogen-bond donors (Lipinski definition) is 0. The van der Waals surface area contributed by atoms with E-state index in [-0.39, 0.29) is 0 Å². The van der Waals surface area contributed by atoms with Crippen molar-refractivity contribution in [2.45, 2.75) is 20.4 Å². The standard InChI is InChI=1S/C25H21N5/c1-17-3-4-21(13-18(17)2)19-5-7-20(8-6-19)25-28-23-9-12-30(16-24(23)29-25)15-22-14-26-10-11-27-22/h3-14,16H,15H2,1-2H3. The van der Waals surface area contributed by atoms with Crippen LogP contribution < -0.4 is 0 Å². The first-order valence-electron chi connectivity index (χ1n) is 9.92. The Bertz CT molecular complexity index is 1270. The summed E-state index contributed by atoms with van der Waals surface area (Å²) in [5.74, 6) is 0.744. The summed E-state index contributed by atoms with van der Waals surface area (Å²) in [4.78, 5) is 17.9. The molecule has 2 aliphatic rings. The van der Waals surface area contributed by atoms with E-state index in [0.29, 0.717) is 6.54 Å². The highest BCUT2D eigenvalue weighted by Crippen LogP contribution is 2.28. The van der Waals surface area contributed by atoms with Crippen molar-refractivity contribution in [2.75, 3.05) is 0 Å². The van der Waals surface area contributed by atoms with E-state index in [0.717, 1.165) is 28.5 Å². The average Bonchev–Trinajstić information content (AvgIpc) is 3.20. The molecule has 0 N–H and O–H groups in total. The molecule has 5 rings (SSSR count). The predicted molar refractivity (Wildman–Crippen MR) is 118 cm³/mol. The number of aryl methyl sites for hydroxylation is 2. The van der Waals surface area contributed by atoms with Gasteiger partial charge in [-0.3, -0.25) is 9.97 Å². The molecule has 0 amide bonds. The van der Waals surface area contributed by atoms with E-state index < -0.39 is 0 Å². The number of hydrogen-bond acceptors (Lipinski definition) is 4. The lowest BCUT2D eigenvalue weighted by atomic mass is 9.99. The van der Waals surface area contributed by atoms with Crippen molar-refractivity contribution in [2.24, 2.45) is 0 Å². The number of benzene rings is 2. The van der Waals surface area contributed by atoms with E-state index in [1.807, 2.05) is 23.0 Å². The third-order valence-electron chi connectivity index (χ3n) is 5.37. The highest BCUT2D eigenvalue weighted by Gasteiger charge is 2.13. The molecule has 0 unspecified atom stereocenters. The van der Waals surface area contributed by atoms with E-state index in [1.54, 1.807) is 18.6 Å². The van der Waals surface area contributed by atoms with Crippen LogP contribution in [-0.2, 0) is 6.54 Å². The minimum atomic E-state index is 0.649. The molecule has 0 atom stereocenters. The van der Waals surface area contributed by atoms with Gasteiger partial charge in [-0.15, -0.1) is 0 Å². The smallest absolute Gasteiger partial charge is 0.160 e. The van der Waals surface area contributed by atoms with Gasteiger partial charge < -0.3 is 4.57 Å². The fourth-order valence-electron chi connectivity index (χ4n) is 3.51. The molecule has 0 spiro atoms. The summed E-state index contributed by atoms with van der Waals surface area (Å²) in [5, 5.41) is 0. The molecule has 5 heteroatoms. The fraction of sp³-hybridized carbons (Fsp3) is 0.120. The Hall–Kier alpha value is -3.86. The number of rotatable bonds is 4. The molecule has 146 valence electrons. The van der Waals surface area contributed by atoms with Gasteiger partial charge in [-0.05, 0) is 42.2 Å². The Morgan fingerprint density at radius 3 is 2.30 bits per heavy atom. The first kappa shape index (κ1) is 18.2. The first-order valence-corrected chi connectivity index (χ1v) is 9.92. The zero-order chi connectivity index (χ0) is 20.5. The Kier molecular flexibility index (Phi) is 4.56. The summed E-state index contributed by atoms with van der Waals surface area (Å²) in [6.45, 7) is 4.93. The molecule has 30 heavy (non-hydrogen) atoms. The molecule has 0 fully saturated rings. The highest BCUT2D eigenvalue weighted by molar-refractivity contribution is 5.71. The van der Waals surface area contributed by atoms with Gasteiger partial charge in [-0.1, -0.05) is 42.5 Å². The van der Waals surface area contributed by atoms with Gasteiger partial charge in [0.1, 0.15) is 5.69 Å². The molecule has 0 aliphatic carbocycles. The largest absolute Gasteiger partial charge is 0.346 e. The highest BCUT2D eigenvalue weighted by atomic mass is 15.0. The fourth-order valence-corrected chi connectivity index (χ4v) is 3.51. The van der Waals surface area contributed by atoms with Gasteiger partial charge >= 0.3 is 0 Å². The molecule has 0 bridgehead atoms. The molecule has 3 aromatic rings. The first-order chi connectivity index (χ1) is 14.7. The van der Waals surface area contributed by atoms with Gasteiger partial charge in [0.05, 0.1) is 24.1 Å². The summed E-state index contributed by atoms with van der Waals surface area (Å²) in [6, 6.07) is 17.0. The SMILES string of the molecule is Cc1ccc(-c2ccc(-c3nc4ccn(Cc5cnccn5)cc-4n3)cc2)cc1C. The minimum absolute atomic E-state index is 0.649. The Labute approximate surface area is 175 Å². The summed E-state index contributed by atoms with van der Waals surface area (Å²) in [6.07, 6.45) is 9.16. The summed E-state index contributed by atoms with van der Waals surface area (Å²) < 4.78 is 2.05. The quantitative estimate of drug-likeness (QED) is 0.424. The minimum Gasteiger partial charge on any atom is -0.346 e. The van der Waals surface area contributed by atoms with Crippen LogP contribution in [0.1, 0.15) is 16.8 Å². The molecule has 0 saturated heterocycles. The van der Waals surface area contributed by atoms with Crippen molar-refractivity contribution in [3.8, 4) is 33.9 Å². The van der Waals surface area contributed by atoms with E-state index in [2.05, 4.69) is 66.3 Å². The number of fused-ring (bicyclic) bond motifs is 1.